The van der Waals surface area contributed by atoms with Crippen molar-refractivity contribution in [3.05, 3.63) is 24.3 Å². The number of rotatable bonds is 18. The van der Waals surface area contributed by atoms with E-state index in [9.17, 15) is 10.2 Å². The SMILES string of the molecule is CCCCCCCCCOc1cc2c(cc1O)oc1cc(O)c(OCCCCCCCCC)cc12. The molecular weight excluding hydrogens is 440 g/mol. The molecule has 0 bridgehead atoms. The first-order valence-electron chi connectivity index (χ1n) is 13.8. The van der Waals surface area contributed by atoms with Crippen molar-refractivity contribution in [2.75, 3.05) is 13.2 Å². The summed E-state index contributed by atoms with van der Waals surface area (Å²) in [4.78, 5) is 0. The number of unbranched alkanes of at least 4 members (excludes halogenated alkanes) is 12. The highest BCUT2D eigenvalue weighted by molar-refractivity contribution is 6.07. The van der Waals surface area contributed by atoms with E-state index in [4.69, 9.17) is 13.9 Å². The van der Waals surface area contributed by atoms with Gasteiger partial charge in [-0.15, -0.1) is 0 Å². The van der Waals surface area contributed by atoms with Crippen LogP contribution < -0.4 is 9.47 Å². The fourth-order valence-electron chi connectivity index (χ4n) is 4.52. The zero-order chi connectivity index (χ0) is 24.9. The van der Waals surface area contributed by atoms with Crippen molar-refractivity contribution < 1.29 is 24.1 Å². The summed E-state index contributed by atoms with van der Waals surface area (Å²) >= 11 is 0. The topological polar surface area (TPSA) is 72.1 Å². The maximum Gasteiger partial charge on any atom is 0.161 e. The van der Waals surface area contributed by atoms with Gasteiger partial charge in [0, 0.05) is 22.9 Å². The van der Waals surface area contributed by atoms with Crippen LogP contribution in [0.15, 0.2) is 28.7 Å². The Kier molecular flexibility index (Phi) is 11.4. The molecule has 1 heterocycles. The van der Waals surface area contributed by atoms with E-state index < -0.39 is 0 Å². The second-order valence-corrected chi connectivity index (χ2v) is 9.67. The lowest BCUT2D eigenvalue weighted by Gasteiger charge is -2.09. The van der Waals surface area contributed by atoms with E-state index in [1.165, 1.54) is 64.2 Å². The van der Waals surface area contributed by atoms with E-state index in [0.29, 0.717) is 35.9 Å². The summed E-state index contributed by atoms with van der Waals surface area (Å²) in [5.41, 5.74) is 1.12. The standard InChI is InChI=1S/C30H44O5/c1-3-5-7-9-11-13-15-17-33-29-19-23-24-20-30(34-18-16-14-12-10-8-6-4-2)26(32)22-28(24)35-27(23)21-25(29)31/h19-22,31-32H,3-18H2,1-2H3. The van der Waals surface area contributed by atoms with E-state index in [1.54, 1.807) is 12.1 Å². The van der Waals surface area contributed by atoms with Crippen LogP contribution >= 0.6 is 0 Å². The lowest BCUT2D eigenvalue weighted by atomic mass is 10.1. The van der Waals surface area contributed by atoms with Crippen LogP contribution in [0.2, 0.25) is 0 Å². The van der Waals surface area contributed by atoms with Crippen molar-refractivity contribution in [2.24, 2.45) is 0 Å². The average Bonchev–Trinajstić information content (AvgIpc) is 3.18. The van der Waals surface area contributed by atoms with Crippen LogP contribution in [-0.4, -0.2) is 23.4 Å². The molecule has 3 rings (SSSR count). The second kappa shape index (κ2) is 14.8. The van der Waals surface area contributed by atoms with Crippen molar-refractivity contribution in [3.63, 3.8) is 0 Å². The lowest BCUT2D eigenvalue weighted by Crippen LogP contribution is -1.98. The normalized spacial score (nSPS) is 11.5. The molecule has 0 aliphatic heterocycles. The summed E-state index contributed by atoms with van der Waals surface area (Å²) in [6.45, 7) is 5.62. The molecule has 0 spiro atoms. The largest absolute Gasteiger partial charge is 0.504 e. The van der Waals surface area contributed by atoms with Crippen molar-refractivity contribution in [1.82, 2.24) is 0 Å². The molecule has 0 unspecified atom stereocenters. The summed E-state index contributed by atoms with van der Waals surface area (Å²) < 4.78 is 17.7. The molecule has 5 heteroatoms. The van der Waals surface area contributed by atoms with E-state index >= 15 is 0 Å². The van der Waals surface area contributed by atoms with Crippen molar-refractivity contribution in [2.45, 2.75) is 104 Å². The highest BCUT2D eigenvalue weighted by Gasteiger charge is 2.15. The summed E-state index contributed by atoms with van der Waals surface area (Å²) in [5.74, 6) is 1.06. The Morgan fingerprint density at radius 2 is 0.914 bits per heavy atom. The minimum atomic E-state index is 0.0686. The zero-order valence-corrected chi connectivity index (χ0v) is 21.7. The van der Waals surface area contributed by atoms with E-state index in [-0.39, 0.29) is 11.5 Å². The van der Waals surface area contributed by atoms with Crippen molar-refractivity contribution in [3.8, 4) is 23.0 Å². The lowest BCUT2D eigenvalue weighted by molar-refractivity contribution is 0.289. The van der Waals surface area contributed by atoms with E-state index in [0.717, 1.165) is 36.5 Å². The van der Waals surface area contributed by atoms with Gasteiger partial charge in [-0.3, -0.25) is 0 Å². The highest BCUT2D eigenvalue weighted by Crippen LogP contribution is 2.41. The molecule has 2 N–H and O–H groups in total. The molecule has 2 aromatic carbocycles. The monoisotopic (exact) mass is 484 g/mol. The number of benzene rings is 2. The molecule has 0 aliphatic carbocycles. The van der Waals surface area contributed by atoms with Gasteiger partial charge in [0.25, 0.3) is 0 Å². The Morgan fingerprint density at radius 1 is 0.543 bits per heavy atom. The first-order chi connectivity index (χ1) is 17.1. The third kappa shape index (κ3) is 8.26. The highest BCUT2D eigenvalue weighted by atomic mass is 16.5. The summed E-state index contributed by atoms with van der Waals surface area (Å²) in [7, 11) is 0. The Hall–Kier alpha value is -2.56. The minimum absolute atomic E-state index is 0.0686. The predicted octanol–water partition coefficient (Wildman–Crippen LogP) is 9.26. The fourth-order valence-corrected chi connectivity index (χ4v) is 4.52. The summed E-state index contributed by atoms with van der Waals surface area (Å²) in [5, 5.41) is 22.5. The van der Waals surface area contributed by atoms with Gasteiger partial charge in [0.15, 0.2) is 23.0 Å². The molecule has 1 aromatic heterocycles. The van der Waals surface area contributed by atoms with Crippen molar-refractivity contribution >= 4 is 21.9 Å². The Bertz CT molecular complexity index is 942. The first kappa shape index (κ1) is 27.0. The van der Waals surface area contributed by atoms with Gasteiger partial charge in [-0.05, 0) is 25.0 Å². The number of phenolic OH excluding ortho intramolecular Hbond substituents is 2. The van der Waals surface area contributed by atoms with Crippen LogP contribution in [-0.2, 0) is 0 Å². The average molecular weight is 485 g/mol. The summed E-state index contributed by atoms with van der Waals surface area (Å²) in [6, 6.07) is 6.83. The van der Waals surface area contributed by atoms with Crippen LogP contribution in [0.5, 0.6) is 23.0 Å². The molecule has 0 atom stereocenters. The molecular formula is C30H44O5. The number of hydrogen-bond donors (Lipinski definition) is 2. The predicted molar refractivity (Wildman–Crippen MR) is 144 cm³/mol. The van der Waals surface area contributed by atoms with Gasteiger partial charge in [0.2, 0.25) is 0 Å². The van der Waals surface area contributed by atoms with Gasteiger partial charge in [0.1, 0.15) is 11.2 Å². The van der Waals surface area contributed by atoms with Crippen LogP contribution in [0.1, 0.15) is 104 Å². The summed E-state index contributed by atoms with van der Waals surface area (Å²) in [6.07, 6.45) is 17.0. The molecule has 0 aliphatic rings. The quantitative estimate of drug-likeness (QED) is 0.176. The van der Waals surface area contributed by atoms with Crippen LogP contribution in [0.4, 0.5) is 0 Å². The maximum atomic E-state index is 10.4. The fraction of sp³-hybridized carbons (Fsp3) is 0.600. The number of phenols is 2. The molecule has 0 saturated heterocycles. The molecule has 0 radical (unpaired) electrons. The van der Waals surface area contributed by atoms with Crippen molar-refractivity contribution in [1.29, 1.82) is 0 Å². The number of fused-ring (bicyclic) bond motifs is 3. The van der Waals surface area contributed by atoms with Crippen LogP contribution in [0.3, 0.4) is 0 Å². The van der Waals surface area contributed by atoms with Crippen LogP contribution in [0.25, 0.3) is 21.9 Å². The molecule has 35 heavy (non-hydrogen) atoms. The second-order valence-electron chi connectivity index (χ2n) is 9.67. The van der Waals surface area contributed by atoms with Gasteiger partial charge < -0.3 is 24.1 Å². The van der Waals surface area contributed by atoms with Gasteiger partial charge >= 0.3 is 0 Å². The third-order valence-electron chi connectivity index (χ3n) is 6.64. The number of furan rings is 1. The third-order valence-corrected chi connectivity index (χ3v) is 6.64. The number of ether oxygens (including phenoxy) is 2. The molecule has 0 amide bonds. The van der Waals surface area contributed by atoms with Crippen LogP contribution in [0, 0.1) is 0 Å². The Balaban J connectivity index is 1.57. The first-order valence-corrected chi connectivity index (χ1v) is 13.8. The smallest absolute Gasteiger partial charge is 0.161 e. The van der Waals surface area contributed by atoms with Gasteiger partial charge in [-0.1, -0.05) is 90.9 Å². The molecule has 0 fully saturated rings. The maximum absolute atomic E-state index is 10.4. The minimum Gasteiger partial charge on any atom is -0.504 e. The Morgan fingerprint density at radius 3 is 1.31 bits per heavy atom. The molecule has 194 valence electrons. The zero-order valence-electron chi connectivity index (χ0n) is 21.7. The number of aromatic hydroxyl groups is 2. The number of hydrogen-bond acceptors (Lipinski definition) is 5. The molecule has 5 nitrogen and oxygen atoms in total. The van der Waals surface area contributed by atoms with E-state index in [1.807, 2.05) is 12.1 Å². The van der Waals surface area contributed by atoms with Gasteiger partial charge in [0.05, 0.1) is 13.2 Å². The Labute approximate surface area is 210 Å². The van der Waals surface area contributed by atoms with Gasteiger partial charge in [-0.2, -0.15) is 0 Å². The van der Waals surface area contributed by atoms with Gasteiger partial charge in [-0.25, -0.2) is 0 Å². The van der Waals surface area contributed by atoms with E-state index in [2.05, 4.69) is 13.8 Å². The molecule has 3 aromatic rings. The molecule has 0 saturated carbocycles.